The van der Waals surface area contributed by atoms with Crippen molar-refractivity contribution in [3.8, 4) is 0 Å². The number of rotatable bonds is 23. The van der Waals surface area contributed by atoms with Gasteiger partial charge in [0.05, 0.1) is 5.69 Å². The normalized spacial score (nSPS) is 16.6. The number of likely N-dealkylation sites (tertiary alicyclic amines) is 1. The van der Waals surface area contributed by atoms with Crippen molar-refractivity contribution >= 4 is 52.2 Å². The summed E-state index contributed by atoms with van der Waals surface area (Å²) in [6.45, 7) is 13.6. The first-order valence-electron chi connectivity index (χ1n) is 21.5. The number of hydrogen-bond donors (Lipinski definition) is 7. The Labute approximate surface area is 355 Å². The average Bonchev–Trinajstić information content (AvgIpc) is 3.68. The minimum absolute atomic E-state index is 0.0347. The summed E-state index contributed by atoms with van der Waals surface area (Å²) in [5.41, 5.74) is 14.4. The molecule has 1 fully saturated rings. The number of amides is 5. The number of anilines is 1. The van der Waals surface area contributed by atoms with Crippen LogP contribution in [0.1, 0.15) is 113 Å². The Morgan fingerprint density at radius 2 is 1.47 bits per heavy atom. The van der Waals surface area contributed by atoms with E-state index >= 15 is 4.79 Å². The van der Waals surface area contributed by atoms with Gasteiger partial charge in [-0.25, -0.2) is 14.6 Å². The summed E-state index contributed by atoms with van der Waals surface area (Å²) >= 11 is 0. The van der Waals surface area contributed by atoms with E-state index in [0.717, 1.165) is 10.8 Å². The zero-order chi connectivity index (χ0) is 44.6. The molecule has 5 amide bonds. The summed E-state index contributed by atoms with van der Waals surface area (Å²) < 4.78 is 5.43. The Morgan fingerprint density at radius 1 is 0.850 bits per heavy atom. The number of carbonyl (C=O) groups excluding carboxylic acids is 5. The molecule has 60 heavy (non-hydrogen) atoms. The van der Waals surface area contributed by atoms with Crippen molar-refractivity contribution in [2.75, 3.05) is 25.1 Å². The maximum atomic E-state index is 15.1. The van der Waals surface area contributed by atoms with E-state index in [4.69, 9.17) is 16.2 Å². The molecule has 0 radical (unpaired) electrons. The van der Waals surface area contributed by atoms with E-state index < -0.39 is 77.4 Å². The number of nitrogens with two attached hydrogens (primary N) is 2. The number of fused-ring (bicyclic) bond motifs is 1. The fourth-order valence-corrected chi connectivity index (χ4v) is 7.34. The number of unbranched alkanes of at least 4 members (excludes halogenated alkanes) is 2. The van der Waals surface area contributed by atoms with Gasteiger partial charge in [0.2, 0.25) is 17.7 Å². The third kappa shape index (κ3) is 14.9. The zero-order valence-corrected chi connectivity index (χ0v) is 36.6. The van der Waals surface area contributed by atoms with Crippen molar-refractivity contribution in [1.82, 2.24) is 25.9 Å². The number of carboxylic acid groups (broad SMARTS) is 1. The van der Waals surface area contributed by atoms with E-state index in [1.165, 1.54) is 9.91 Å². The van der Waals surface area contributed by atoms with Crippen LogP contribution in [0.5, 0.6) is 0 Å². The van der Waals surface area contributed by atoms with Gasteiger partial charge in [-0.2, -0.15) is 0 Å². The second-order valence-electron chi connectivity index (χ2n) is 17.3. The zero-order valence-electron chi connectivity index (χ0n) is 36.6. The molecule has 2 aromatic rings. The second kappa shape index (κ2) is 23.7. The minimum Gasteiger partial charge on any atom is -0.480 e. The molecule has 3 rings (SSSR count). The summed E-state index contributed by atoms with van der Waals surface area (Å²) in [6.07, 6.45) is 3.36. The molecular formula is C44H70N8O8. The molecule has 0 aliphatic carbocycles. The Balaban J connectivity index is 2.03. The van der Waals surface area contributed by atoms with Crippen LogP contribution in [-0.4, -0.2) is 106 Å². The molecule has 1 aliphatic rings. The van der Waals surface area contributed by atoms with E-state index in [1.807, 2.05) is 64.1 Å². The van der Waals surface area contributed by atoms with Gasteiger partial charge in [-0.1, -0.05) is 64.4 Å². The van der Waals surface area contributed by atoms with Gasteiger partial charge < -0.3 is 42.2 Å². The van der Waals surface area contributed by atoms with Crippen molar-refractivity contribution in [2.24, 2.45) is 23.3 Å². The smallest absolute Gasteiger partial charge is 0.408 e. The standard InChI is InChI=1S/C44H70N8O8/c1-8-29(4)37(39(54)48-35(42(57)58)26-28(2)3)52(50-32-22-21-30-16-9-10-17-31(30)27-32)41(56)36-20-15-25-51(36)40(55)34(19-12-14-24-46)47-38(53)33(18-11-13-23-45)49-43(59)60-44(5,6)7/h9-10,16-17,21-22,27-29,33-37,50H,8,11-15,18-20,23-26,45-46H2,1-7H3,(H,47,53)(H,48,54)(H,49,59)(H,57,58)/t29-,33+,34+,35+,36+,37-/m1/s1. The molecule has 16 nitrogen and oxygen atoms in total. The van der Waals surface area contributed by atoms with E-state index in [2.05, 4.69) is 21.4 Å². The van der Waals surface area contributed by atoms with Gasteiger partial charge in [-0.15, -0.1) is 0 Å². The van der Waals surface area contributed by atoms with Crippen molar-refractivity contribution in [3.63, 3.8) is 0 Å². The first kappa shape index (κ1) is 49.4. The van der Waals surface area contributed by atoms with Gasteiger partial charge in [0.25, 0.3) is 5.91 Å². The number of alkyl carbamates (subject to hydrolysis) is 1. The highest BCUT2D eigenvalue weighted by Crippen LogP contribution is 2.27. The van der Waals surface area contributed by atoms with E-state index in [-0.39, 0.29) is 38.1 Å². The monoisotopic (exact) mass is 839 g/mol. The average molecular weight is 839 g/mol. The van der Waals surface area contributed by atoms with Crippen LogP contribution >= 0.6 is 0 Å². The summed E-state index contributed by atoms with van der Waals surface area (Å²) in [5.74, 6) is -3.91. The largest absolute Gasteiger partial charge is 0.480 e. The number of benzene rings is 2. The number of hydrogen-bond acceptors (Lipinski definition) is 10. The molecule has 1 saturated heterocycles. The highest BCUT2D eigenvalue weighted by molar-refractivity contribution is 5.97. The van der Waals surface area contributed by atoms with Gasteiger partial charge in [0.15, 0.2) is 0 Å². The molecule has 9 N–H and O–H groups in total. The predicted molar refractivity (Wildman–Crippen MR) is 232 cm³/mol. The maximum absolute atomic E-state index is 15.1. The van der Waals surface area contributed by atoms with Gasteiger partial charge >= 0.3 is 12.1 Å². The maximum Gasteiger partial charge on any atom is 0.408 e. The molecule has 334 valence electrons. The SMILES string of the molecule is CC[C@@H](C)[C@H](C(=O)N[C@@H](CC(C)C)C(=O)O)N(Nc1ccc2ccccc2c1)C(=O)[C@@H]1CCCN1C(=O)[C@H](CCCCN)NC(=O)[C@H](CCCCN)NC(=O)OC(C)(C)C. The van der Waals surface area contributed by atoms with E-state index in [9.17, 15) is 29.1 Å². The lowest BCUT2D eigenvalue weighted by Gasteiger charge is -2.39. The molecule has 6 atom stereocenters. The third-order valence-corrected chi connectivity index (χ3v) is 10.6. The van der Waals surface area contributed by atoms with Crippen LogP contribution in [0.2, 0.25) is 0 Å². The van der Waals surface area contributed by atoms with Gasteiger partial charge in [0, 0.05) is 6.54 Å². The number of nitrogens with one attached hydrogen (secondary N) is 4. The number of carbonyl (C=O) groups is 6. The lowest BCUT2D eigenvalue weighted by atomic mass is 9.95. The molecule has 1 aliphatic heterocycles. The first-order valence-corrected chi connectivity index (χ1v) is 21.5. The fourth-order valence-electron chi connectivity index (χ4n) is 7.34. The predicted octanol–water partition coefficient (Wildman–Crippen LogP) is 4.65. The molecule has 16 heteroatoms. The molecule has 0 saturated carbocycles. The van der Waals surface area contributed by atoms with Crippen LogP contribution in [-0.2, 0) is 28.7 Å². The minimum atomic E-state index is -1.19. The Hall–Kier alpha value is -4.96. The highest BCUT2D eigenvalue weighted by Gasteiger charge is 2.44. The summed E-state index contributed by atoms with van der Waals surface area (Å²) in [6, 6.07) is 7.78. The molecule has 0 spiro atoms. The quantitative estimate of drug-likeness (QED) is 0.0601. The molecular weight excluding hydrogens is 769 g/mol. The Kier molecular flexibility index (Phi) is 19.5. The Morgan fingerprint density at radius 3 is 2.05 bits per heavy atom. The van der Waals surface area contributed by atoms with Crippen molar-refractivity contribution in [2.45, 2.75) is 148 Å². The summed E-state index contributed by atoms with van der Waals surface area (Å²) in [7, 11) is 0. The summed E-state index contributed by atoms with van der Waals surface area (Å²) in [5, 5.41) is 21.4. The molecule has 2 aromatic carbocycles. The lowest BCUT2D eigenvalue weighted by molar-refractivity contribution is -0.150. The van der Waals surface area contributed by atoms with Crippen LogP contribution in [0.25, 0.3) is 10.8 Å². The first-order chi connectivity index (χ1) is 28.4. The fraction of sp³-hybridized carbons (Fsp3) is 0.636. The molecule has 0 unspecified atom stereocenters. The van der Waals surface area contributed by atoms with Crippen LogP contribution < -0.4 is 32.8 Å². The summed E-state index contributed by atoms with van der Waals surface area (Å²) in [4.78, 5) is 84.5. The Bertz CT molecular complexity index is 1750. The van der Waals surface area contributed by atoms with Crippen molar-refractivity contribution < 1.29 is 38.6 Å². The topological polar surface area (TPSA) is 239 Å². The van der Waals surface area contributed by atoms with Crippen LogP contribution in [0.3, 0.4) is 0 Å². The molecule has 0 aromatic heterocycles. The van der Waals surface area contributed by atoms with Crippen LogP contribution in [0.4, 0.5) is 10.5 Å². The van der Waals surface area contributed by atoms with Crippen LogP contribution in [0.15, 0.2) is 42.5 Å². The van der Waals surface area contributed by atoms with Gasteiger partial charge in [-0.3, -0.25) is 24.6 Å². The van der Waals surface area contributed by atoms with Gasteiger partial charge in [0.1, 0.15) is 35.8 Å². The lowest BCUT2D eigenvalue weighted by Crippen LogP contribution is -2.62. The number of hydrazine groups is 1. The van der Waals surface area contributed by atoms with E-state index in [1.54, 1.807) is 26.8 Å². The number of nitrogens with zero attached hydrogens (tertiary/aromatic N) is 2. The number of aliphatic carboxylic acids is 1. The van der Waals surface area contributed by atoms with Gasteiger partial charge in [-0.05, 0) is 126 Å². The van der Waals surface area contributed by atoms with Crippen molar-refractivity contribution in [1.29, 1.82) is 0 Å². The number of ether oxygens (including phenoxy) is 1. The van der Waals surface area contributed by atoms with Crippen LogP contribution in [0, 0.1) is 11.8 Å². The third-order valence-electron chi connectivity index (χ3n) is 10.6. The van der Waals surface area contributed by atoms with E-state index in [0.29, 0.717) is 57.3 Å². The highest BCUT2D eigenvalue weighted by atomic mass is 16.6. The van der Waals surface area contributed by atoms with Crippen molar-refractivity contribution in [3.05, 3.63) is 42.5 Å². The molecule has 0 bridgehead atoms. The second-order valence-corrected chi connectivity index (χ2v) is 17.3. The molecule has 1 heterocycles. The number of carboxylic acids is 1.